The van der Waals surface area contributed by atoms with Crippen molar-refractivity contribution in [2.45, 2.75) is 65.0 Å². The van der Waals surface area contributed by atoms with Gasteiger partial charge in [-0.15, -0.1) is 0 Å². The molecule has 0 aromatic carbocycles. The summed E-state index contributed by atoms with van der Waals surface area (Å²) in [5.41, 5.74) is 7.53. The first-order valence-electron chi connectivity index (χ1n) is 8.08. The van der Waals surface area contributed by atoms with Crippen LogP contribution in [-0.4, -0.2) is 22.0 Å². The summed E-state index contributed by atoms with van der Waals surface area (Å²) in [6.45, 7) is 6.35. The van der Waals surface area contributed by atoms with Gasteiger partial charge in [0, 0.05) is 37.7 Å². The number of carbonyl (C=O) groups excluding carboxylic acids is 1. The molecule has 1 aromatic heterocycles. The van der Waals surface area contributed by atoms with Gasteiger partial charge in [-0.3, -0.25) is 4.79 Å². The van der Waals surface area contributed by atoms with Gasteiger partial charge < -0.3 is 15.6 Å². The highest BCUT2D eigenvalue weighted by atomic mass is 16.1. The zero-order valence-electron chi connectivity index (χ0n) is 13.1. The lowest BCUT2D eigenvalue weighted by atomic mass is 9.92. The molecular formula is C16H26N4O. The molecule has 116 valence electrons. The molecule has 2 heterocycles. The number of hydrogen-bond donors (Lipinski definition) is 2. The molecule has 0 radical (unpaired) electrons. The Balaban J connectivity index is 1.99. The highest BCUT2D eigenvalue weighted by Gasteiger charge is 2.32. The average molecular weight is 290 g/mol. The minimum absolute atomic E-state index is 0.240. The van der Waals surface area contributed by atoms with E-state index < -0.39 is 5.41 Å². The molecule has 1 amide bonds. The third kappa shape index (κ3) is 2.71. The van der Waals surface area contributed by atoms with E-state index in [1.165, 1.54) is 42.9 Å². The van der Waals surface area contributed by atoms with Crippen LogP contribution < -0.4 is 11.1 Å². The Morgan fingerprint density at radius 3 is 2.81 bits per heavy atom. The van der Waals surface area contributed by atoms with E-state index in [-0.39, 0.29) is 5.91 Å². The minimum Gasteiger partial charge on any atom is -0.369 e. The quantitative estimate of drug-likeness (QED) is 0.886. The maximum atomic E-state index is 11.7. The Bertz CT molecular complexity index is 541. The molecule has 3 N–H and O–H groups in total. The summed E-state index contributed by atoms with van der Waals surface area (Å²) in [6.07, 6.45) is 6.02. The highest BCUT2D eigenvalue weighted by Crippen LogP contribution is 2.36. The molecule has 5 heteroatoms. The summed E-state index contributed by atoms with van der Waals surface area (Å²) in [5.74, 6) is 1.51. The molecule has 1 aliphatic heterocycles. The number of aromatic nitrogens is 2. The topological polar surface area (TPSA) is 72.9 Å². The molecule has 1 aliphatic carbocycles. The van der Waals surface area contributed by atoms with Gasteiger partial charge >= 0.3 is 0 Å². The Morgan fingerprint density at radius 2 is 2.14 bits per heavy atom. The predicted octanol–water partition coefficient (Wildman–Crippen LogP) is 1.70. The van der Waals surface area contributed by atoms with E-state index >= 15 is 0 Å². The summed E-state index contributed by atoms with van der Waals surface area (Å²) in [7, 11) is 0. The van der Waals surface area contributed by atoms with Crippen LogP contribution >= 0.6 is 0 Å². The zero-order chi connectivity index (χ0) is 15.0. The van der Waals surface area contributed by atoms with Crippen LogP contribution in [0, 0.1) is 5.41 Å². The van der Waals surface area contributed by atoms with Gasteiger partial charge in [-0.05, 0) is 26.7 Å². The fourth-order valence-electron chi connectivity index (χ4n) is 3.54. The van der Waals surface area contributed by atoms with Gasteiger partial charge in [-0.1, -0.05) is 12.8 Å². The Hall–Kier alpha value is -1.36. The van der Waals surface area contributed by atoms with Crippen LogP contribution in [0.4, 0.5) is 0 Å². The first-order chi connectivity index (χ1) is 9.99. The summed E-state index contributed by atoms with van der Waals surface area (Å²) in [6, 6.07) is 0. The standard InChI is InChI=1S/C16H26N4O/c1-16(2,15(17)21)10-20-13-7-8-18-9-12(13)19-14(20)11-5-3-4-6-11/h11,18H,3-10H2,1-2H3,(H2,17,21). The number of hydrogen-bond acceptors (Lipinski definition) is 3. The molecule has 1 saturated carbocycles. The lowest BCUT2D eigenvalue weighted by molar-refractivity contribution is -0.126. The molecule has 0 saturated heterocycles. The first-order valence-corrected chi connectivity index (χ1v) is 8.08. The van der Waals surface area contributed by atoms with Gasteiger partial charge in [0.05, 0.1) is 11.1 Å². The van der Waals surface area contributed by atoms with Crippen molar-refractivity contribution in [1.82, 2.24) is 14.9 Å². The van der Waals surface area contributed by atoms with Crippen molar-refractivity contribution in [1.29, 1.82) is 0 Å². The van der Waals surface area contributed by atoms with Crippen molar-refractivity contribution in [2.24, 2.45) is 11.1 Å². The molecule has 5 nitrogen and oxygen atoms in total. The Kier molecular flexibility index (Phi) is 3.78. The van der Waals surface area contributed by atoms with Crippen molar-refractivity contribution in [2.75, 3.05) is 6.54 Å². The first kappa shape index (κ1) is 14.6. The van der Waals surface area contributed by atoms with E-state index in [4.69, 9.17) is 10.7 Å². The third-order valence-electron chi connectivity index (χ3n) is 4.96. The maximum absolute atomic E-state index is 11.7. The minimum atomic E-state index is -0.535. The van der Waals surface area contributed by atoms with Gasteiger partial charge in [0.2, 0.25) is 5.91 Å². The fraction of sp³-hybridized carbons (Fsp3) is 0.750. The highest BCUT2D eigenvalue weighted by molar-refractivity contribution is 5.79. The third-order valence-corrected chi connectivity index (χ3v) is 4.96. The molecule has 0 spiro atoms. The van der Waals surface area contributed by atoms with Crippen LogP contribution in [0.3, 0.4) is 0 Å². The van der Waals surface area contributed by atoms with E-state index in [1.807, 2.05) is 13.8 Å². The van der Waals surface area contributed by atoms with Crippen LogP contribution in [0.1, 0.15) is 62.7 Å². The van der Waals surface area contributed by atoms with Crippen LogP contribution in [0.25, 0.3) is 0 Å². The maximum Gasteiger partial charge on any atom is 0.224 e. The molecule has 2 aliphatic rings. The largest absolute Gasteiger partial charge is 0.369 e. The summed E-state index contributed by atoms with van der Waals surface area (Å²) >= 11 is 0. The molecule has 3 rings (SSSR count). The summed E-state index contributed by atoms with van der Waals surface area (Å²) < 4.78 is 2.32. The molecule has 0 unspecified atom stereocenters. The van der Waals surface area contributed by atoms with Crippen LogP contribution in [-0.2, 0) is 24.3 Å². The lowest BCUT2D eigenvalue weighted by Crippen LogP contribution is -2.37. The van der Waals surface area contributed by atoms with Gasteiger partial charge in [-0.2, -0.15) is 0 Å². The van der Waals surface area contributed by atoms with Gasteiger partial charge in [0.15, 0.2) is 0 Å². The number of fused-ring (bicyclic) bond motifs is 1. The average Bonchev–Trinajstić information content (AvgIpc) is 3.06. The number of nitrogens with zero attached hydrogens (tertiary/aromatic N) is 2. The van der Waals surface area contributed by atoms with Crippen LogP contribution in [0.2, 0.25) is 0 Å². The van der Waals surface area contributed by atoms with E-state index in [1.54, 1.807) is 0 Å². The molecule has 21 heavy (non-hydrogen) atoms. The van der Waals surface area contributed by atoms with E-state index in [2.05, 4.69) is 9.88 Å². The van der Waals surface area contributed by atoms with Crippen molar-refractivity contribution in [3.63, 3.8) is 0 Å². The molecular weight excluding hydrogens is 264 g/mol. The Labute approximate surface area is 126 Å². The smallest absolute Gasteiger partial charge is 0.224 e. The predicted molar refractivity (Wildman–Crippen MR) is 81.8 cm³/mol. The number of imidazole rings is 1. The summed E-state index contributed by atoms with van der Waals surface area (Å²) in [4.78, 5) is 16.6. The van der Waals surface area contributed by atoms with Gasteiger partial charge in [-0.25, -0.2) is 4.98 Å². The van der Waals surface area contributed by atoms with E-state index in [9.17, 15) is 4.79 Å². The SMILES string of the molecule is CC(C)(Cn1c(C2CCCC2)nc2c1CCNC2)C(N)=O. The van der Waals surface area contributed by atoms with Crippen molar-refractivity contribution < 1.29 is 4.79 Å². The van der Waals surface area contributed by atoms with E-state index in [0.29, 0.717) is 12.5 Å². The second kappa shape index (κ2) is 5.44. The molecule has 1 fully saturated rings. The zero-order valence-corrected chi connectivity index (χ0v) is 13.1. The number of rotatable bonds is 4. The number of carbonyl (C=O) groups is 1. The number of primary amides is 1. The molecule has 1 aromatic rings. The molecule has 0 bridgehead atoms. The van der Waals surface area contributed by atoms with Crippen LogP contribution in [0.15, 0.2) is 0 Å². The summed E-state index contributed by atoms with van der Waals surface area (Å²) in [5, 5.41) is 3.39. The molecule has 0 atom stereocenters. The van der Waals surface area contributed by atoms with E-state index in [0.717, 1.165) is 19.5 Å². The number of nitrogens with one attached hydrogen (secondary N) is 1. The Morgan fingerprint density at radius 1 is 1.43 bits per heavy atom. The van der Waals surface area contributed by atoms with Gasteiger partial charge in [0.25, 0.3) is 0 Å². The number of amides is 1. The fourth-order valence-corrected chi connectivity index (χ4v) is 3.54. The van der Waals surface area contributed by atoms with Crippen molar-refractivity contribution in [3.05, 3.63) is 17.2 Å². The normalized spacial score (nSPS) is 19.7. The second-order valence-corrected chi connectivity index (χ2v) is 7.11. The van der Waals surface area contributed by atoms with Crippen molar-refractivity contribution >= 4 is 5.91 Å². The second-order valence-electron chi connectivity index (χ2n) is 7.11. The lowest BCUT2D eigenvalue weighted by Gasteiger charge is -2.26. The van der Waals surface area contributed by atoms with Gasteiger partial charge in [0.1, 0.15) is 5.82 Å². The number of nitrogens with two attached hydrogens (primary N) is 1. The van der Waals surface area contributed by atoms with Crippen LogP contribution in [0.5, 0.6) is 0 Å². The van der Waals surface area contributed by atoms with Crippen molar-refractivity contribution in [3.8, 4) is 0 Å². The monoisotopic (exact) mass is 290 g/mol.